The number of aryl methyl sites for hydroxylation is 1. The Morgan fingerprint density at radius 2 is 2.08 bits per heavy atom. The van der Waals surface area contributed by atoms with Gasteiger partial charge in [0.05, 0.1) is 24.0 Å². The first kappa shape index (κ1) is 17.2. The van der Waals surface area contributed by atoms with Crippen LogP contribution in [0.5, 0.6) is 5.75 Å². The molecule has 0 spiro atoms. The van der Waals surface area contributed by atoms with Crippen LogP contribution >= 0.6 is 11.6 Å². The normalized spacial score (nSPS) is 10.8. The van der Waals surface area contributed by atoms with Gasteiger partial charge in [-0.1, -0.05) is 12.1 Å². The third-order valence-corrected chi connectivity index (χ3v) is 4.41. The summed E-state index contributed by atoms with van der Waals surface area (Å²) in [6, 6.07) is 13.4. The van der Waals surface area contributed by atoms with E-state index in [1.807, 2.05) is 42.5 Å². The molecule has 25 heavy (non-hydrogen) atoms. The maximum atomic E-state index is 11.5. The zero-order chi connectivity index (χ0) is 18.0. The predicted molar refractivity (Wildman–Crippen MR) is 103 cm³/mol. The van der Waals surface area contributed by atoms with E-state index in [2.05, 4.69) is 16.8 Å². The first-order valence-electron chi connectivity index (χ1n) is 8.01. The van der Waals surface area contributed by atoms with Gasteiger partial charge in [0, 0.05) is 29.2 Å². The number of anilines is 2. The summed E-state index contributed by atoms with van der Waals surface area (Å²) in [5, 5.41) is 3.75. The minimum atomic E-state index is -0.243. The second kappa shape index (κ2) is 7.07. The van der Waals surface area contributed by atoms with Crippen LogP contribution in [0, 0.1) is 0 Å². The number of hydrogen-bond acceptors (Lipinski definition) is 3. The molecule has 0 aliphatic rings. The lowest BCUT2D eigenvalue weighted by Gasteiger charge is -2.11. The van der Waals surface area contributed by atoms with Crippen molar-refractivity contribution in [1.82, 2.24) is 4.57 Å². The molecule has 0 saturated heterocycles. The minimum Gasteiger partial charge on any atom is -0.497 e. The lowest BCUT2D eigenvalue weighted by atomic mass is 10.1. The van der Waals surface area contributed by atoms with E-state index in [-0.39, 0.29) is 11.8 Å². The van der Waals surface area contributed by atoms with Crippen LogP contribution in [0.2, 0.25) is 0 Å². The van der Waals surface area contributed by atoms with Crippen molar-refractivity contribution in [2.24, 2.45) is 0 Å². The van der Waals surface area contributed by atoms with Gasteiger partial charge in [-0.25, -0.2) is 0 Å². The number of amides is 1. The Labute approximate surface area is 151 Å². The summed E-state index contributed by atoms with van der Waals surface area (Å²) >= 11 is 5.57. The number of carbonyl (C=O) groups excluding carboxylic acids is 1. The number of methoxy groups -OCH3 is 1. The fourth-order valence-corrected chi connectivity index (χ4v) is 3.13. The van der Waals surface area contributed by atoms with Crippen molar-refractivity contribution in [3.05, 3.63) is 42.5 Å². The number of nitrogens with zero attached hydrogens (tertiary/aromatic N) is 1. The van der Waals surface area contributed by atoms with Crippen molar-refractivity contribution in [3.63, 3.8) is 0 Å². The summed E-state index contributed by atoms with van der Waals surface area (Å²) < 4.78 is 7.49. The number of aromatic nitrogens is 1. The summed E-state index contributed by atoms with van der Waals surface area (Å²) in [4.78, 5) is 11.5. The molecule has 0 atom stereocenters. The number of benzene rings is 2. The van der Waals surface area contributed by atoms with Gasteiger partial charge >= 0.3 is 0 Å². The molecular weight excluding hydrogens is 338 g/mol. The molecule has 0 aliphatic heterocycles. The van der Waals surface area contributed by atoms with Gasteiger partial charge in [0.1, 0.15) is 11.6 Å². The number of nitrogen functional groups attached to an aromatic ring is 1. The maximum Gasteiger partial charge on any atom is 0.239 e. The van der Waals surface area contributed by atoms with Gasteiger partial charge < -0.3 is 20.4 Å². The van der Waals surface area contributed by atoms with Gasteiger partial charge in [-0.05, 0) is 31.2 Å². The number of ether oxygens (including phenoxy) is 1. The van der Waals surface area contributed by atoms with Crippen LogP contribution in [-0.2, 0) is 11.3 Å². The van der Waals surface area contributed by atoms with Gasteiger partial charge in [-0.2, -0.15) is 0 Å². The maximum absolute atomic E-state index is 11.5. The molecule has 1 aromatic heterocycles. The van der Waals surface area contributed by atoms with Crippen molar-refractivity contribution in [2.75, 3.05) is 24.0 Å². The molecule has 130 valence electrons. The highest BCUT2D eigenvalue weighted by molar-refractivity contribution is 6.29. The van der Waals surface area contributed by atoms with Gasteiger partial charge in [0.15, 0.2) is 0 Å². The van der Waals surface area contributed by atoms with Crippen LogP contribution in [0.1, 0.15) is 6.92 Å². The molecule has 0 saturated carbocycles. The third kappa shape index (κ3) is 3.15. The molecule has 3 rings (SSSR count). The molecule has 0 aliphatic carbocycles. The molecule has 0 unspecified atom stereocenters. The molecule has 1 heterocycles. The minimum absolute atomic E-state index is 0.0820. The summed E-state index contributed by atoms with van der Waals surface area (Å²) in [6.07, 6.45) is 0. The van der Waals surface area contributed by atoms with E-state index in [0.717, 1.165) is 34.5 Å². The van der Waals surface area contributed by atoms with Crippen molar-refractivity contribution < 1.29 is 9.53 Å². The van der Waals surface area contributed by atoms with E-state index >= 15 is 0 Å². The van der Waals surface area contributed by atoms with Gasteiger partial charge in [-0.3, -0.25) is 4.79 Å². The number of hydrogen-bond donors (Lipinski definition) is 2. The van der Waals surface area contributed by atoms with Crippen LogP contribution in [0.4, 0.5) is 11.4 Å². The molecule has 0 radical (unpaired) electrons. The summed E-state index contributed by atoms with van der Waals surface area (Å²) in [6.45, 7) is 2.83. The van der Waals surface area contributed by atoms with Crippen molar-refractivity contribution in [3.8, 4) is 17.0 Å². The Bertz CT molecular complexity index is 934. The van der Waals surface area contributed by atoms with Gasteiger partial charge in [0.2, 0.25) is 5.91 Å². The number of fused-ring (bicyclic) bond motifs is 1. The van der Waals surface area contributed by atoms with Crippen LogP contribution in [-0.4, -0.2) is 23.5 Å². The van der Waals surface area contributed by atoms with E-state index in [1.54, 1.807) is 7.11 Å². The summed E-state index contributed by atoms with van der Waals surface area (Å²) in [5.74, 6) is 0.461. The number of alkyl halides is 1. The second-order valence-electron chi connectivity index (χ2n) is 5.65. The standard InChI is InChI=1S/C19H20ClN3O2/c1-3-23-16-10-14(25-2)7-8-15(16)18(21)19(23)12-5-4-6-13(9-12)22-17(24)11-20/h4-10H,3,11,21H2,1-2H3,(H,22,24). The molecule has 3 aromatic rings. The van der Waals surface area contributed by atoms with Crippen molar-refractivity contribution >= 4 is 39.8 Å². The summed E-state index contributed by atoms with van der Waals surface area (Å²) in [7, 11) is 1.65. The highest BCUT2D eigenvalue weighted by Gasteiger charge is 2.17. The average Bonchev–Trinajstić information content (AvgIpc) is 2.93. The second-order valence-corrected chi connectivity index (χ2v) is 5.92. The number of carbonyl (C=O) groups is 1. The van der Waals surface area contributed by atoms with Gasteiger partial charge in [-0.15, -0.1) is 11.6 Å². The van der Waals surface area contributed by atoms with Crippen molar-refractivity contribution in [1.29, 1.82) is 0 Å². The Kier molecular flexibility index (Phi) is 4.86. The van der Waals surface area contributed by atoms with E-state index < -0.39 is 0 Å². The molecule has 5 nitrogen and oxygen atoms in total. The lowest BCUT2D eigenvalue weighted by Crippen LogP contribution is -2.12. The predicted octanol–water partition coefficient (Wildman–Crippen LogP) is 4.10. The van der Waals surface area contributed by atoms with Crippen LogP contribution in [0.3, 0.4) is 0 Å². The Morgan fingerprint density at radius 3 is 2.76 bits per heavy atom. The molecule has 1 amide bonds. The zero-order valence-corrected chi connectivity index (χ0v) is 14.9. The van der Waals surface area contributed by atoms with Crippen LogP contribution < -0.4 is 15.8 Å². The topological polar surface area (TPSA) is 69.3 Å². The highest BCUT2D eigenvalue weighted by atomic mass is 35.5. The molecule has 3 N–H and O–H groups in total. The van der Waals surface area contributed by atoms with E-state index in [9.17, 15) is 4.79 Å². The zero-order valence-electron chi connectivity index (χ0n) is 14.2. The Morgan fingerprint density at radius 1 is 1.28 bits per heavy atom. The Balaban J connectivity index is 2.16. The van der Waals surface area contributed by atoms with Gasteiger partial charge in [0.25, 0.3) is 0 Å². The van der Waals surface area contributed by atoms with Crippen LogP contribution in [0.15, 0.2) is 42.5 Å². The fraction of sp³-hybridized carbons (Fsp3) is 0.211. The van der Waals surface area contributed by atoms with Crippen molar-refractivity contribution in [2.45, 2.75) is 13.5 Å². The molecule has 0 fully saturated rings. The molecule has 6 heteroatoms. The number of rotatable bonds is 5. The average molecular weight is 358 g/mol. The smallest absolute Gasteiger partial charge is 0.239 e. The number of nitrogens with one attached hydrogen (secondary N) is 1. The highest BCUT2D eigenvalue weighted by Crippen LogP contribution is 2.38. The molecule has 0 bridgehead atoms. The molecule has 2 aromatic carbocycles. The van der Waals surface area contributed by atoms with Crippen LogP contribution in [0.25, 0.3) is 22.2 Å². The quantitative estimate of drug-likeness (QED) is 0.675. The lowest BCUT2D eigenvalue weighted by molar-refractivity contribution is -0.113. The van der Waals surface area contributed by atoms with E-state index in [4.69, 9.17) is 22.1 Å². The largest absolute Gasteiger partial charge is 0.497 e. The first-order chi connectivity index (χ1) is 12.1. The summed E-state index contributed by atoms with van der Waals surface area (Å²) in [5.41, 5.74) is 10.7. The number of halogens is 1. The fourth-order valence-electron chi connectivity index (χ4n) is 3.06. The third-order valence-electron chi connectivity index (χ3n) is 4.17. The first-order valence-corrected chi connectivity index (χ1v) is 8.54. The SMILES string of the molecule is CCn1c(-c2cccc(NC(=O)CCl)c2)c(N)c2ccc(OC)cc21. The molecular formula is C19H20ClN3O2. The monoisotopic (exact) mass is 357 g/mol. The van der Waals surface area contributed by atoms with E-state index in [0.29, 0.717) is 11.4 Å². The Hall–Kier alpha value is -2.66. The van der Waals surface area contributed by atoms with E-state index in [1.165, 1.54) is 0 Å². The number of nitrogens with two attached hydrogens (primary N) is 1.